The van der Waals surface area contributed by atoms with Gasteiger partial charge in [0, 0.05) is 18.6 Å². The van der Waals surface area contributed by atoms with Crippen molar-refractivity contribution in [1.29, 1.82) is 0 Å². The molecule has 1 aromatic rings. The maximum absolute atomic E-state index is 5.77. The maximum atomic E-state index is 5.77. The van der Waals surface area contributed by atoms with Gasteiger partial charge in [-0.05, 0) is 43.9 Å². The first-order chi connectivity index (χ1) is 8.74. The van der Waals surface area contributed by atoms with E-state index in [1.54, 1.807) is 0 Å². The van der Waals surface area contributed by atoms with Crippen LogP contribution in [-0.4, -0.2) is 25.9 Å². The molecule has 1 heterocycles. The number of rotatable bonds is 6. The van der Waals surface area contributed by atoms with E-state index in [1.807, 2.05) is 19.1 Å². The predicted molar refractivity (Wildman–Crippen MR) is 72.8 cm³/mol. The van der Waals surface area contributed by atoms with Gasteiger partial charge >= 0.3 is 0 Å². The van der Waals surface area contributed by atoms with Gasteiger partial charge < -0.3 is 15.2 Å². The van der Waals surface area contributed by atoms with E-state index in [9.17, 15) is 0 Å². The Bertz CT molecular complexity index is 342. The minimum Gasteiger partial charge on any atom is -0.493 e. The second kappa shape index (κ2) is 6.76. The van der Waals surface area contributed by atoms with E-state index in [0.29, 0.717) is 5.92 Å². The molecule has 3 nitrogen and oxygen atoms in total. The standard InChI is InChI=1S/C15H23NO2/c1-12(16)2-3-13-4-6-15(7-5-13)18-11-14-8-9-17-10-14/h4-7,12,14H,2-3,8-11,16H2,1H3. The zero-order chi connectivity index (χ0) is 12.8. The smallest absolute Gasteiger partial charge is 0.119 e. The molecule has 2 rings (SSSR count). The molecule has 3 heteroatoms. The Morgan fingerprint density at radius 2 is 2.17 bits per heavy atom. The Morgan fingerprint density at radius 3 is 2.78 bits per heavy atom. The van der Waals surface area contributed by atoms with Gasteiger partial charge in [-0.3, -0.25) is 0 Å². The van der Waals surface area contributed by atoms with Crippen LogP contribution in [0.2, 0.25) is 0 Å². The average Bonchev–Trinajstić information content (AvgIpc) is 2.88. The summed E-state index contributed by atoms with van der Waals surface area (Å²) in [5.41, 5.74) is 7.07. The summed E-state index contributed by atoms with van der Waals surface area (Å²) >= 11 is 0. The molecule has 2 unspecified atom stereocenters. The summed E-state index contributed by atoms with van der Waals surface area (Å²) in [4.78, 5) is 0. The molecule has 100 valence electrons. The minimum atomic E-state index is 0.267. The van der Waals surface area contributed by atoms with E-state index in [2.05, 4.69) is 12.1 Å². The van der Waals surface area contributed by atoms with Crippen LogP contribution >= 0.6 is 0 Å². The summed E-state index contributed by atoms with van der Waals surface area (Å²) in [6.07, 6.45) is 3.18. The molecule has 1 fully saturated rings. The molecule has 0 radical (unpaired) electrons. The van der Waals surface area contributed by atoms with Gasteiger partial charge in [0.25, 0.3) is 0 Å². The molecule has 0 saturated carbocycles. The summed E-state index contributed by atoms with van der Waals surface area (Å²) < 4.78 is 11.1. The van der Waals surface area contributed by atoms with Crippen LogP contribution in [0.3, 0.4) is 0 Å². The first-order valence-electron chi connectivity index (χ1n) is 6.79. The fourth-order valence-electron chi connectivity index (χ4n) is 2.08. The van der Waals surface area contributed by atoms with Crippen molar-refractivity contribution < 1.29 is 9.47 Å². The van der Waals surface area contributed by atoms with Crippen molar-refractivity contribution in [3.05, 3.63) is 29.8 Å². The molecule has 1 aliphatic heterocycles. The predicted octanol–water partition coefficient (Wildman–Crippen LogP) is 2.38. The first-order valence-corrected chi connectivity index (χ1v) is 6.79. The lowest BCUT2D eigenvalue weighted by Crippen LogP contribution is -2.15. The number of benzene rings is 1. The molecule has 1 aromatic carbocycles. The van der Waals surface area contributed by atoms with Crippen molar-refractivity contribution in [3.8, 4) is 5.75 Å². The Hall–Kier alpha value is -1.06. The van der Waals surface area contributed by atoms with Crippen molar-refractivity contribution in [1.82, 2.24) is 0 Å². The van der Waals surface area contributed by atoms with Crippen LogP contribution in [-0.2, 0) is 11.2 Å². The number of aryl methyl sites for hydroxylation is 1. The summed E-state index contributed by atoms with van der Waals surface area (Å²) in [5, 5.41) is 0. The van der Waals surface area contributed by atoms with Crippen molar-refractivity contribution in [3.63, 3.8) is 0 Å². The van der Waals surface area contributed by atoms with Gasteiger partial charge in [-0.15, -0.1) is 0 Å². The third-order valence-corrected chi connectivity index (χ3v) is 3.32. The van der Waals surface area contributed by atoms with E-state index >= 15 is 0 Å². The topological polar surface area (TPSA) is 44.5 Å². The van der Waals surface area contributed by atoms with Crippen molar-refractivity contribution in [2.45, 2.75) is 32.2 Å². The van der Waals surface area contributed by atoms with Crippen LogP contribution in [0.25, 0.3) is 0 Å². The SMILES string of the molecule is CC(N)CCc1ccc(OCC2CCOC2)cc1. The Labute approximate surface area is 109 Å². The average molecular weight is 249 g/mol. The van der Waals surface area contributed by atoms with E-state index < -0.39 is 0 Å². The van der Waals surface area contributed by atoms with Crippen LogP contribution in [0.1, 0.15) is 25.3 Å². The van der Waals surface area contributed by atoms with Crippen LogP contribution in [0.5, 0.6) is 5.75 Å². The zero-order valence-electron chi connectivity index (χ0n) is 11.1. The maximum Gasteiger partial charge on any atom is 0.119 e. The second-order valence-corrected chi connectivity index (χ2v) is 5.20. The van der Waals surface area contributed by atoms with Crippen molar-refractivity contribution in [2.24, 2.45) is 11.7 Å². The fourth-order valence-corrected chi connectivity index (χ4v) is 2.08. The van der Waals surface area contributed by atoms with Gasteiger partial charge in [0.15, 0.2) is 0 Å². The van der Waals surface area contributed by atoms with E-state index in [0.717, 1.165) is 44.8 Å². The summed E-state index contributed by atoms with van der Waals surface area (Å²) in [7, 11) is 0. The number of hydrogen-bond acceptors (Lipinski definition) is 3. The fraction of sp³-hybridized carbons (Fsp3) is 0.600. The largest absolute Gasteiger partial charge is 0.493 e. The molecule has 2 N–H and O–H groups in total. The lowest BCUT2D eigenvalue weighted by atomic mass is 10.1. The molecular weight excluding hydrogens is 226 g/mol. The molecule has 0 spiro atoms. The zero-order valence-corrected chi connectivity index (χ0v) is 11.1. The summed E-state index contributed by atoms with van der Waals surface area (Å²) in [6, 6.07) is 8.62. The number of hydrogen-bond donors (Lipinski definition) is 1. The Balaban J connectivity index is 1.76. The highest BCUT2D eigenvalue weighted by atomic mass is 16.5. The van der Waals surface area contributed by atoms with Crippen LogP contribution in [0, 0.1) is 5.92 Å². The van der Waals surface area contributed by atoms with Crippen molar-refractivity contribution >= 4 is 0 Å². The molecule has 0 amide bonds. The molecular formula is C15H23NO2. The molecule has 0 aromatic heterocycles. The van der Waals surface area contributed by atoms with E-state index in [1.165, 1.54) is 5.56 Å². The van der Waals surface area contributed by atoms with Crippen LogP contribution < -0.4 is 10.5 Å². The van der Waals surface area contributed by atoms with Crippen molar-refractivity contribution in [2.75, 3.05) is 19.8 Å². The highest BCUT2D eigenvalue weighted by Gasteiger charge is 2.15. The second-order valence-electron chi connectivity index (χ2n) is 5.20. The van der Waals surface area contributed by atoms with Gasteiger partial charge in [-0.1, -0.05) is 12.1 Å². The summed E-state index contributed by atoms with van der Waals surface area (Å²) in [6.45, 7) is 4.52. The van der Waals surface area contributed by atoms with E-state index in [4.69, 9.17) is 15.2 Å². The van der Waals surface area contributed by atoms with Gasteiger partial charge in [-0.25, -0.2) is 0 Å². The number of ether oxygens (including phenoxy) is 2. The van der Waals surface area contributed by atoms with Gasteiger partial charge in [0.1, 0.15) is 5.75 Å². The molecule has 1 aliphatic rings. The quantitative estimate of drug-likeness (QED) is 0.842. The lowest BCUT2D eigenvalue weighted by Gasteiger charge is -2.11. The molecule has 2 atom stereocenters. The normalized spacial score (nSPS) is 20.9. The third kappa shape index (κ3) is 4.31. The highest BCUT2D eigenvalue weighted by Crippen LogP contribution is 2.17. The molecule has 0 bridgehead atoms. The van der Waals surface area contributed by atoms with Gasteiger partial charge in [0.2, 0.25) is 0 Å². The van der Waals surface area contributed by atoms with E-state index in [-0.39, 0.29) is 6.04 Å². The monoisotopic (exact) mass is 249 g/mol. The lowest BCUT2D eigenvalue weighted by molar-refractivity contribution is 0.167. The first kappa shape index (κ1) is 13.4. The van der Waals surface area contributed by atoms with Gasteiger partial charge in [0.05, 0.1) is 13.2 Å². The molecule has 0 aliphatic carbocycles. The van der Waals surface area contributed by atoms with Gasteiger partial charge in [-0.2, -0.15) is 0 Å². The Morgan fingerprint density at radius 1 is 1.39 bits per heavy atom. The Kier molecular flexibility index (Phi) is 5.02. The number of nitrogens with two attached hydrogens (primary N) is 1. The molecule has 1 saturated heterocycles. The minimum absolute atomic E-state index is 0.267. The van der Waals surface area contributed by atoms with Crippen LogP contribution in [0.15, 0.2) is 24.3 Å². The van der Waals surface area contributed by atoms with Crippen LogP contribution in [0.4, 0.5) is 0 Å². The third-order valence-electron chi connectivity index (χ3n) is 3.32. The summed E-state index contributed by atoms with van der Waals surface area (Å²) in [5.74, 6) is 1.51. The molecule has 18 heavy (non-hydrogen) atoms. The highest BCUT2D eigenvalue weighted by molar-refractivity contribution is 5.27.